The molecule has 0 aromatic carbocycles. The molecule has 134 valence electrons. The molecule has 0 aromatic heterocycles. The van der Waals surface area contributed by atoms with Gasteiger partial charge in [-0.2, -0.15) is 0 Å². The molecule has 0 amide bonds. The van der Waals surface area contributed by atoms with Gasteiger partial charge < -0.3 is 4.90 Å². The minimum atomic E-state index is 0.343. The van der Waals surface area contributed by atoms with Crippen molar-refractivity contribution in [3.05, 3.63) is 12.3 Å². The van der Waals surface area contributed by atoms with Crippen LogP contribution in [0.2, 0.25) is 0 Å². The first-order valence-corrected chi connectivity index (χ1v) is 10.5. The number of rotatable bonds is 8. The summed E-state index contributed by atoms with van der Waals surface area (Å²) in [5.74, 6) is 1.84. The first-order chi connectivity index (χ1) is 11.1. The lowest BCUT2D eigenvalue weighted by Gasteiger charge is -2.55. The third-order valence-corrected chi connectivity index (χ3v) is 6.38. The van der Waals surface area contributed by atoms with Gasteiger partial charge in [-0.25, -0.2) is 0 Å². The van der Waals surface area contributed by atoms with E-state index >= 15 is 0 Å². The average molecular weight is 320 g/mol. The SMILES string of the molecule is CCCCCCCCC=CN1C2CCCCC2C(C)CC1(C)C. The first-order valence-electron chi connectivity index (χ1n) is 10.5. The zero-order chi connectivity index (χ0) is 16.7. The smallest absolute Gasteiger partial charge is 0.0346 e. The molecule has 1 aliphatic carbocycles. The van der Waals surface area contributed by atoms with Gasteiger partial charge in [-0.3, -0.25) is 0 Å². The Morgan fingerprint density at radius 2 is 1.70 bits per heavy atom. The van der Waals surface area contributed by atoms with Gasteiger partial charge in [0.15, 0.2) is 0 Å². The van der Waals surface area contributed by atoms with Crippen LogP contribution < -0.4 is 0 Å². The van der Waals surface area contributed by atoms with Gasteiger partial charge in [0.1, 0.15) is 0 Å². The maximum atomic E-state index is 2.76. The van der Waals surface area contributed by atoms with E-state index in [2.05, 4.69) is 44.9 Å². The lowest BCUT2D eigenvalue weighted by molar-refractivity contribution is -0.0249. The van der Waals surface area contributed by atoms with E-state index in [1.165, 1.54) is 77.0 Å². The van der Waals surface area contributed by atoms with Crippen molar-refractivity contribution < 1.29 is 0 Å². The summed E-state index contributed by atoms with van der Waals surface area (Å²) >= 11 is 0. The predicted molar refractivity (Wildman–Crippen MR) is 103 cm³/mol. The van der Waals surface area contributed by atoms with Crippen LogP contribution in [0.15, 0.2) is 12.3 Å². The van der Waals surface area contributed by atoms with E-state index in [1.54, 1.807) is 0 Å². The van der Waals surface area contributed by atoms with E-state index in [4.69, 9.17) is 0 Å². The molecule has 2 rings (SSSR count). The van der Waals surface area contributed by atoms with Crippen LogP contribution in [0.1, 0.15) is 105 Å². The van der Waals surface area contributed by atoms with Crippen LogP contribution in [0.25, 0.3) is 0 Å². The Hall–Kier alpha value is -0.460. The number of fused-ring (bicyclic) bond motifs is 1. The Balaban J connectivity index is 1.82. The predicted octanol–water partition coefficient (Wildman–Crippen LogP) is 6.93. The molecule has 3 unspecified atom stereocenters. The van der Waals surface area contributed by atoms with Gasteiger partial charge in [0.25, 0.3) is 0 Å². The fourth-order valence-electron chi connectivity index (χ4n) is 5.19. The summed E-state index contributed by atoms with van der Waals surface area (Å²) in [6.07, 6.45) is 21.8. The molecular formula is C22H41N. The fraction of sp³-hybridized carbons (Fsp3) is 0.909. The summed E-state index contributed by atoms with van der Waals surface area (Å²) in [6, 6.07) is 0.809. The van der Waals surface area contributed by atoms with Crippen LogP contribution >= 0.6 is 0 Å². The molecule has 2 fully saturated rings. The molecule has 0 bridgehead atoms. The minimum absolute atomic E-state index is 0.343. The molecule has 1 nitrogen and oxygen atoms in total. The van der Waals surface area contributed by atoms with Gasteiger partial charge in [-0.1, -0.05) is 64.9 Å². The molecule has 1 heterocycles. The van der Waals surface area contributed by atoms with Crippen molar-refractivity contribution in [2.45, 2.75) is 116 Å². The second-order valence-corrected chi connectivity index (χ2v) is 8.86. The first kappa shape index (κ1) is 18.9. The fourth-order valence-corrected chi connectivity index (χ4v) is 5.19. The van der Waals surface area contributed by atoms with Gasteiger partial charge in [-0.05, 0) is 64.0 Å². The maximum Gasteiger partial charge on any atom is 0.0346 e. The molecule has 0 spiro atoms. The maximum absolute atomic E-state index is 2.76. The summed E-state index contributed by atoms with van der Waals surface area (Å²) < 4.78 is 0. The van der Waals surface area contributed by atoms with Crippen LogP contribution in [0.4, 0.5) is 0 Å². The van der Waals surface area contributed by atoms with E-state index in [-0.39, 0.29) is 0 Å². The van der Waals surface area contributed by atoms with Crippen molar-refractivity contribution >= 4 is 0 Å². The number of allylic oxidation sites excluding steroid dienone is 1. The van der Waals surface area contributed by atoms with Crippen molar-refractivity contribution in [2.75, 3.05) is 0 Å². The average Bonchev–Trinajstić information content (AvgIpc) is 2.52. The van der Waals surface area contributed by atoms with Crippen LogP contribution in [-0.4, -0.2) is 16.5 Å². The third-order valence-electron chi connectivity index (χ3n) is 6.38. The second-order valence-electron chi connectivity index (χ2n) is 8.86. The number of hydrogen-bond donors (Lipinski definition) is 0. The molecule has 1 saturated heterocycles. The van der Waals surface area contributed by atoms with Gasteiger partial charge in [0.05, 0.1) is 0 Å². The van der Waals surface area contributed by atoms with Crippen LogP contribution in [0, 0.1) is 11.8 Å². The molecule has 2 aliphatic rings. The van der Waals surface area contributed by atoms with E-state index in [9.17, 15) is 0 Å². The lowest BCUT2D eigenvalue weighted by atomic mass is 9.67. The number of likely N-dealkylation sites (tertiary alicyclic amines) is 1. The van der Waals surface area contributed by atoms with Crippen molar-refractivity contribution in [3.63, 3.8) is 0 Å². The zero-order valence-corrected chi connectivity index (χ0v) is 16.3. The Morgan fingerprint density at radius 3 is 2.48 bits per heavy atom. The standard InChI is InChI=1S/C22H41N/c1-5-6-7-8-9-10-11-14-17-23-21-16-13-12-15-20(21)19(2)18-22(23,3)4/h14,17,19-21H,5-13,15-16,18H2,1-4H3. The largest absolute Gasteiger partial charge is 0.369 e. The Labute approximate surface area is 145 Å². The number of piperidine rings is 1. The van der Waals surface area contributed by atoms with Crippen LogP contribution in [-0.2, 0) is 0 Å². The molecule has 0 radical (unpaired) electrons. The molecule has 1 aliphatic heterocycles. The zero-order valence-electron chi connectivity index (χ0n) is 16.3. The van der Waals surface area contributed by atoms with Gasteiger partial charge in [-0.15, -0.1) is 0 Å². The normalized spacial score (nSPS) is 30.6. The molecule has 1 saturated carbocycles. The topological polar surface area (TPSA) is 3.24 Å². The van der Waals surface area contributed by atoms with E-state index < -0.39 is 0 Å². The Morgan fingerprint density at radius 1 is 1.00 bits per heavy atom. The lowest BCUT2D eigenvalue weighted by Crippen LogP contribution is -2.57. The monoisotopic (exact) mass is 319 g/mol. The minimum Gasteiger partial charge on any atom is -0.369 e. The highest BCUT2D eigenvalue weighted by molar-refractivity contribution is 5.04. The molecule has 3 atom stereocenters. The molecule has 1 heteroatoms. The molecule has 23 heavy (non-hydrogen) atoms. The van der Waals surface area contributed by atoms with E-state index in [0.717, 1.165) is 17.9 Å². The molecule has 0 aromatic rings. The van der Waals surface area contributed by atoms with Crippen molar-refractivity contribution in [2.24, 2.45) is 11.8 Å². The van der Waals surface area contributed by atoms with Crippen LogP contribution in [0.5, 0.6) is 0 Å². The summed E-state index contributed by atoms with van der Waals surface area (Å²) in [4.78, 5) is 2.76. The third kappa shape index (κ3) is 5.26. The highest BCUT2D eigenvalue weighted by atomic mass is 15.2. The van der Waals surface area contributed by atoms with Crippen molar-refractivity contribution in [1.82, 2.24) is 4.90 Å². The highest BCUT2D eigenvalue weighted by Gasteiger charge is 2.44. The summed E-state index contributed by atoms with van der Waals surface area (Å²) in [5, 5.41) is 0. The van der Waals surface area contributed by atoms with Crippen molar-refractivity contribution in [1.29, 1.82) is 0 Å². The van der Waals surface area contributed by atoms with Crippen LogP contribution in [0.3, 0.4) is 0 Å². The quantitative estimate of drug-likeness (QED) is 0.438. The molecular weight excluding hydrogens is 278 g/mol. The van der Waals surface area contributed by atoms with E-state index in [0.29, 0.717) is 5.54 Å². The number of unbranched alkanes of at least 4 members (excludes halogenated alkanes) is 6. The highest BCUT2D eigenvalue weighted by Crippen LogP contribution is 2.45. The van der Waals surface area contributed by atoms with Crippen molar-refractivity contribution in [3.8, 4) is 0 Å². The molecule has 0 N–H and O–H groups in total. The summed E-state index contributed by atoms with van der Waals surface area (Å²) in [7, 11) is 0. The Kier molecular flexibility index (Phi) is 7.50. The van der Waals surface area contributed by atoms with Gasteiger partial charge in [0, 0.05) is 11.6 Å². The van der Waals surface area contributed by atoms with Gasteiger partial charge >= 0.3 is 0 Å². The number of nitrogens with zero attached hydrogens (tertiary/aromatic N) is 1. The summed E-state index contributed by atoms with van der Waals surface area (Å²) in [5.41, 5.74) is 0.343. The van der Waals surface area contributed by atoms with E-state index in [1.807, 2.05) is 0 Å². The number of hydrogen-bond acceptors (Lipinski definition) is 1. The summed E-state index contributed by atoms with van der Waals surface area (Å²) in [6.45, 7) is 9.72. The van der Waals surface area contributed by atoms with Gasteiger partial charge in [0.2, 0.25) is 0 Å². The second kappa shape index (κ2) is 9.14. The Bertz CT molecular complexity index is 357.